The third kappa shape index (κ3) is 5.58. The number of fused-ring (bicyclic) bond motifs is 6. The fourth-order valence-electron chi connectivity index (χ4n) is 7.59. The average molecular weight is 720 g/mol. The van der Waals surface area contributed by atoms with Gasteiger partial charge in [0.05, 0.1) is 11.4 Å². The lowest BCUT2D eigenvalue weighted by atomic mass is 9.93. The van der Waals surface area contributed by atoms with E-state index in [1.807, 2.05) is 66.7 Å². The number of aromatic nitrogens is 5. The molecule has 11 aromatic rings. The Bertz CT molecular complexity index is 3130. The van der Waals surface area contributed by atoms with Gasteiger partial charge < -0.3 is 8.83 Å². The first kappa shape index (κ1) is 31.7. The van der Waals surface area contributed by atoms with Crippen LogP contribution in [0.25, 0.3) is 111 Å². The molecule has 0 bridgehead atoms. The minimum atomic E-state index is 0.586. The molecule has 0 aliphatic heterocycles. The van der Waals surface area contributed by atoms with Crippen LogP contribution < -0.4 is 0 Å². The Balaban J connectivity index is 1.13. The Morgan fingerprint density at radius 2 is 0.786 bits per heavy atom. The Morgan fingerprint density at radius 3 is 1.41 bits per heavy atom. The smallest absolute Gasteiger partial charge is 0.162 e. The van der Waals surface area contributed by atoms with E-state index in [9.17, 15) is 0 Å². The summed E-state index contributed by atoms with van der Waals surface area (Å²) in [5.41, 5.74) is 13.0. The molecule has 11 rings (SSSR count). The van der Waals surface area contributed by atoms with Crippen LogP contribution in [-0.4, -0.2) is 24.9 Å². The number of furan rings is 2. The second kappa shape index (κ2) is 13.0. The first-order chi connectivity index (χ1) is 27.7. The molecule has 0 saturated heterocycles. The summed E-state index contributed by atoms with van der Waals surface area (Å²) in [6.45, 7) is 0. The van der Waals surface area contributed by atoms with Gasteiger partial charge >= 0.3 is 0 Å². The van der Waals surface area contributed by atoms with Crippen LogP contribution in [-0.2, 0) is 0 Å². The van der Waals surface area contributed by atoms with Crippen LogP contribution >= 0.6 is 0 Å². The standard InChI is InChI=1S/C49H29N5O2/c1-2-9-30(10-3-1)42-27-43(54-49(53-42)34-12-8-11-33(21-34)48-51-28-50-29-52-48)37-23-35(31-17-19-46-40(25-31)38-13-4-6-15-44(38)55-46)22-36(24-37)32-18-20-47-41(26-32)39-14-5-7-16-45(39)56-47/h1-29H. The summed E-state index contributed by atoms with van der Waals surface area (Å²) in [6, 6.07) is 56.2. The van der Waals surface area contributed by atoms with Crippen LogP contribution in [0.3, 0.4) is 0 Å². The lowest BCUT2D eigenvalue weighted by Crippen LogP contribution is -1.97. The molecule has 7 aromatic carbocycles. The van der Waals surface area contributed by atoms with Gasteiger partial charge in [0.25, 0.3) is 0 Å². The van der Waals surface area contributed by atoms with E-state index >= 15 is 0 Å². The molecule has 0 saturated carbocycles. The fraction of sp³-hybridized carbons (Fsp3) is 0. The summed E-state index contributed by atoms with van der Waals surface area (Å²) >= 11 is 0. The van der Waals surface area contributed by atoms with Crippen LogP contribution in [0.1, 0.15) is 0 Å². The molecule has 0 fully saturated rings. The first-order valence-electron chi connectivity index (χ1n) is 18.4. The van der Waals surface area contributed by atoms with E-state index in [0.717, 1.165) is 99.8 Å². The van der Waals surface area contributed by atoms with Gasteiger partial charge in [-0.3, -0.25) is 0 Å². The van der Waals surface area contributed by atoms with Crippen LogP contribution in [0.2, 0.25) is 0 Å². The van der Waals surface area contributed by atoms with Crippen molar-refractivity contribution in [1.82, 2.24) is 24.9 Å². The zero-order valence-corrected chi connectivity index (χ0v) is 29.8. The van der Waals surface area contributed by atoms with E-state index in [0.29, 0.717) is 11.6 Å². The van der Waals surface area contributed by atoms with E-state index in [2.05, 4.69) is 112 Å². The van der Waals surface area contributed by atoms with E-state index in [1.54, 1.807) is 0 Å². The van der Waals surface area contributed by atoms with Gasteiger partial charge in [0, 0.05) is 43.8 Å². The van der Waals surface area contributed by atoms with Crippen molar-refractivity contribution in [2.45, 2.75) is 0 Å². The van der Waals surface area contributed by atoms with Gasteiger partial charge in [-0.05, 0) is 89.0 Å². The molecule has 262 valence electrons. The number of benzene rings is 7. The topological polar surface area (TPSA) is 90.7 Å². The molecular weight excluding hydrogens is 691 g/mol. The van der Waals surface area contributed by atoms with E-state index in [1.165, 1.54) is 12.7 Å². The van der Waals surface area contributed by atoms with Crippen molar-refractivity contribution < 1.29 is 8.83 Å². The van der Waals surface area contributed by atoms with Gasteiger partial charge in [-0.2, -0.15) is 0 Å². The Kier molecular flexibility index (Phi) is 7.35. The monoisotopic (exact) mass is 719 g/mol. The Labute approximate surface area is 320 Å². The molecule has 4 aromatic heterocycles. The SMILES string of the molecule is c1ccc(-c2cc(-c3cc(-c4ccc5oc6ccccc6c5c4)cc(-c4ccc5oc6ccccc6c5c4)c3)nc(-c3cccc(-c4ncncn4)c3)n2)cc1. The Morgan fingerprint density at radius 1 is 0.304 bits per heavy atom. The fourth-order valence-corrected chi connectivity index (χ4v) is 7.59. The van der Waals surface area contributed by atoms with E-state index in [4.69, 9.17) is 18.8 Å². The quantitative estimate of drug-likeness (QED) is 0.169. The molecule has 4 heterocycles. The molecule has 0 spiro atoms. The highest BCUT2D eigenvalue weighted by atomic mass is 16.3. The van der Waals surface area contributed by atoms with Gasteiger partial charge in [0.2, 0.25) is 0 Å². The summed E-state index contributed by atoms with van der Waals surface area (Å²) in [6.07, 6.45) is 3.01. The van der Waals surface area contributed by atoms with Crippen molar-refractivity contribution in [2.75, 3.05) is 0 Å². The maximum absolute atomic E-state index is 6.21. The summed E-state index contributed by atoms with van der Waals surface area (Å²) < 4.78 is 12.4. The molecule has 0 radical (unpaired) electrons. The van der Waals surface area contributed by atoms with E-state index in [-0.39, 0.29) is 0 Å². The molecule has 0 N–H and O–H groups in total. The summed E-state index contributed by atoms with van der Waals surface area (Å²) in [5.74, 6) is 1.19. The van der Waals surface area contributed by atoms with Crippen LogP contribution in [0.4, 0.5) is 0 Å². The van der Waals surface area contributed by atoms with Crippen molar-refractivity contribution >= 4 is 43.9 Å². The Hall–Kier alpha value is -7.77. The molecular formula is C49H29N5O2. The predicted octanol–water partition coefficient (Wildman–Crippen LogP) is 12.5. The number of rotatable bonds is 6. The molecule has 0 atom stereocenters. The zero-order chi connectivity index (χ0) is 37.0. The zero-order valence-electron chi connectivity index (χ0n) is 29.8. The maximum Gasteiger partial charge on any atom is 0.162 e. The molecule has 0 amide bonds. The second-order valence-electron chi connectivity index (χ2n) is 13.8. The van der Waals surface area contributed by atoms with Crippen LogP contribution in [0.5, 0.6) is 0 Å². The molecule has 0 aliphatic carbocycles. The van der Waals surface area contributed by atoms with Gasteiger partial charge in [0.15, 0.2) is 11.6 Å². The van der Waals surface area contributed by atoms with Crippen molar-refractivity contribution in [2.24, 2.45) is 0 Å². The molecule has 0 aliphatic rings. The third-order valence-electron chi connectivity index (χ3n) is 10.3. The highest BCUT2D eigenvalue weighted by Crippen LogP contribution is 2.39. The van der Waals surface area contributed by atoms with Crippen molar-refractivity contribution in [1.29, 1.82) is 0 Å². The lowest BCUT2D eigenvalue weighted by Gasteiger charge is -2.14. The van der Waals surface area contributed by atoms with Gasteiger partial charge in [-0.1, -0.05) is 97.1 Å². The van der Waals surface area contributed by atoms with Crippen LogP contribution in [0, 0.1) is 0 Å². The molecule has 0 unspecified atom stereocenters. The predicted molar refractivity (Wildman–Crippen MR) is 223 cm³/mol. The molecule has 7 nitrogen and oxygen atoms in total. The average Bonchev–Trinajstić information content (AvgIpc) is 3.84. The van der Waals surface area contributed by atoms with Crippen molar-refractivity contribution in [3.63, 3.8) is 0 Å². The third-order valence-corrected chi connectivity index (χ3v) is 10.3. The number of para-hydroxylation sites is 2. The van der Waals surface area contributed by atoms with Gasteiger partial charge in [0.1, 0.15) is 35.0 Å². The maximum atomic E-state index is 6.21. The summed E-state index contributed by atoms with van der Waals surface area (Å²) in [7, 11) is 0. The molecule has 7 heteroatoms. The molecule has 56 heavy (non-hydrogen) atoms. The number of hydrogen-bond donors (Lipinski definition) is 0. The van der Waals surface area contributed by atoms with E-state index < -0.39 is 0 Å². The first-order valence-corrected chi connectivity index (χ1v) is 18.4. The minimum absolute atomic E-state index is 0.586. The normalized spacial score (nSPS) is 11.6. The number of nitrogens with zero attached hydrogens (tertiary/aromatic N) is 5. The highest BCUT2D eigenvalue weighted by molar-refractivity contribution is 6.07. The largest absolute Gasteiger partial charge is 0.456 e. The minimum Gasteiger partial charge on any atom is -0.456 e. The summed E-state index contributed by atoms with van der Waals surface area (Å²) in [5, 5.41) is 4.32. The second-order valence-corrected chi connectivity index (χ2v) is 13.8. The van der Waals surface area contributed by atoms with Crippen molar-refractivity contribution in [3.8, 4) is 67.5 Å². The highest BCUT2D eigenvalue weighted by Gasteiger charge is 2.17. The lowest BCUT2D eigenvalue weighted by molar-refractivity contribution is 0.668. The number of hydrogen-bond acceptors (Lipinski definition) is 7. The summed E-state index contributed by atoms with van der Waals surface area (Å²) in [4.78, 5) is 23.2. The van der Waals surface area contributed by atoms with Gasteiger partial charge in [-0.25, -0.2) is 24.9 Å². The van der Waals surface area contributed by atoms with Crippen molar-refractivity contribution in [3.05, 3.63) is 176 Å². The van der Waals surface area contributed by atoms with Crippen LogP contribution in [0.15, 0.2) is 185 Å². The van der Waals surface area contributed by atoms with Gasteiger partial charge in [-0.15, -0.1) is 0 Å².